The van der Waals surface area contributed by atoms with Crippen molar-refractivity contribution in [2.45, 2.75) is 12.3 Å². The number of amides is 1. The minimum atomic E-state index is -0.166. The SMILES string of the molecule is CNC(=O)CCNCC(C#N)c1ccccc1. The monoisotopic (exact) mass is 231 g/mol. The Kier molecular flexibility index (Phi) is 5.76. The fourth-order valence-corrected chi connectivity index (χ4v) is 1.50. The zero-order valence-electron chi connectivity index (χ0n) is 9.94. The Bertz CT molecular complexity index is 383. The average Bonchev–Trinajstić information content (AvgIpc) is 2.39. The van der Waals surface area contributed by atoms with Crippen LogP contribution in [0.4, 0.5) is 0 Å². The Morgan fingerprint density at radius 2 is 2.12 bits per heavy atom. The van der Waals surface area contributed by atoms with E-state index in [0.29, 0.717) is 19.5 Å². The molecule has 1 aromatic rings. The zero-order valence-corrected chi connectivity index (χ0v) is 9.94. The molecule has 1 aromatic carbocycles. The summed E-state index contributed by atoms with van der Waals surface area (Å²) in [4.78, 5) is 11.0. The van der Waals surface area contributed by atoms with Gasteiger partial charge in [-0.2, -0.15) is 5.26 Å². The number of carbonyl (C=O) groups is 1. The van der Waals surface area contributed by atoms with E-state index in [1.165, 1.54) is 0 Å². The van der Waals surface area contributed by atoms with Gasteiger partial charge in [-0.15, -0.1) is 0 Å². The average molecular weight is 231 g/mol. The smallest absolute Gasteiger partial charge is 0.221 e. The number of nitrogens with zero attached hydrogens (tertiary/aromatic N) is 1. The summed E-state index contributed by atoms with van der Waals surface area (Å²) >= 11 is 0. The number of nitrogens with one attached hydrogen (secondary N) is 2. The molecule has 0 aliphatic heterocycles. The van der Waals surface area contributed by atoms with Crippen LogP contribution in [0, 0.1) is 11.3 Å². The number of hydrogen-bond acceptors (Lipinski definition) is 3. The molecule has 0 fully saturated rings. The normalized spacial score (nSPS) is 11.5. The Hall–Kier alpha value is -1.86. The fourth-order valence-electron chi connectivity index (χ4n) is 1.50. The van der Waals surface area contributed by atoms with Crippen LogP contribution in [0.3, 0.4) is 0 Å². The van der Waals surface area contributed by atoms with Gasteiger partial charge in [0, 0.05) is 26.6 Å². The molecule has 0 saturated heterocycles. The molecule has 0 aliphatic carbocycles. The minimum absolute atomic E-state index is 0.00530. The van der Waals surface area contributed by atoms with Crippen LogP contribution in [0.5, 0.6) is 0 Å². The van der Waals surface area contributed by atoms with Gasteiger partial charge in [0.05, 0.1) is 12.0 Å². The molecule has 0 saturated carbocycles. The molecule has 0 spiro atoms. The molecule has 0 heterocycles. The molecule has 4 nitrogen and oxygen atoms in total. The van der Waals surface area contributed by atoms with Crippen molar-refractivity contribution in [3.63, 3.8) is 0 Å². The Morgan fingerprint density at radius 1 is 1.41 bits per heavy atom. The number of hydrogen-bond donors (Lipinski definition) is 2. The summed E-state index contributed by atoms with van der Waals surface area (Å²) in [6, 6.07) is 11.9. The van der Waals surface area contributed by atoms with E-state index in [0.717, 1.165) is 5.56 Å². The van der Waals surface area contributed by atoms with Crippen LogP contribution in [-0.4, -0.2) is 26.0 Å². The summed E-state index contributed by atoms with van der Waals surface area (Å²) in [5.41, 5.74) is 1.00. The van der Waals surface area contributed by atoms with Gasteiger partial charge in [0.25, 0.3) is 0 Å². The summed E-state index contributed by atoms with van der Waals surface area (Å²) in [5.74, 6) is -0.161. The van der Waals surface area contributed by atoms with Crippen LogP contribution < -0.4 is 10.6 Å². The first-order valence-electron chi connectivity index (χ1n) is 5.63. The maximum atomic E-state index is 11.0. The highest BCUT2D eigenvalue weighted by Gasteiger charge is 2.09. The van der Waals surface area contributed by atoms with Crippen LogP contribution in [0.15, 0.2) is 30.3 Å². The molecule has 2 N–H and O–H groups in total. The maximum Gasteiger partial charge on any atom is 0.221 e. The zero-order chi connectivity index (χ0) is 12.5. The molecule has 90 valence electrons. The van der Waals surface area contributed by atoms with Crippen molar-refractivity contribution >= 4 is 5.91 Å². The van der Waals surface area contributed by atoms with E-state index in [-0.39, 0.29) is 11.8 Å². The molecule has 0 aliphatic rings. The van der Waals surface area contributed by atoms with E-state index in [1.807, 2.05) is 30.3 Å². The lowest BCUT2D eigenvalue weighted by Gasteiger charge is -2.10. The highest BCUT2D eigenvalue weighted by Crippen LogP contribution is 2.12. The second-order valence-electron chi connectivity index (χ2n) is 3.72. The number of carbonyl (C=O) groups excluding carboxylic acids is 1. The van der Waals surface area contributed by atoms with E-state index < -0.39 is 0 Å². The second kappa shape index (κ2) is 7.42. The lowest BCUT2D eigenvalue weighted by atomic mass is 10.0. The predicted octanol–water partition coefficient (Wildman–Crippen LogP) is 1.02. The summed E-state index contributed by atoms with van der Waals surface area (Å²) in [7, 11) is 1.62. The van der Waals surface area contributed by atoms with Gasteiger partial charge in [-0.05, 0) is 5.56 Å². The van der Waals surface area contributed by atoms with Crippen molar-refractivity contribution in [2.24, 2.45) is 0 Å². The summed E-state index contributed by atoms with van der Waals surface area (Å²) in [6.45, 7) is 1.15. The maximum absolute atomic E-state index is 11.0. The Labute approximate surface area is 102 Å². The predicted molar refractivity (Wildman–Crippen MR) is 66.3 cm³/mol. The van der Waals surface area contributed by atoms with Crippen LogP contribution >= 0.6 is 0 Å². The number of benzene rings is 1. The van der Waals surface area contributed by atoms with E-state index in [2.05, 4.69) is 16.7 Å². The lowest BCUT2D eigenvalue weighted by molar-refractivity contribution is -0.120. The van der Waals surface area contributed by atoms with Gasteiger partial charge < -0.3 is 10.6 Å². The molecule has 1 amide bonds. The topological polar surface area (TPSA) is 64.9 Å². The van der Waals surface area contributed by atoms with Crippen molar-refractivity contribution in [1.29, 1.82) is 5.26 Å². The van der Waals surface area contributed by atoms with Gasteiger partial charge in [0.1, 0.15) is 0 Å². The molecule has 0 bridgehead atoms. The highest BCUT2D eigenvalue weighted by atomic mass is 16.1. The molecular formula is C13H17N3O. The molecular weight excluding hydrogens is 214 g/mol. The van der Waals surface area contributed by atoms with Crippen LogP contribution in [0.1, 0.15) is 17.9 Å². The highest BCUT2D eigenvalue weighted by molar-refractivity contribution is 5.75. The third kappa shape index (κ3) is 4.66. The first kappa shape index (κ1) is 13.2. The first-order chi connectivity index (χ1) is 8.27. The standard InChI is InChI=1S/C13H17N3O/c1-15-13(17)7-8-16-10-12(9-14)11-5-3-2-4-6-11/h2-6,12,16H,7-8,10H2,1H3,(H,15,17). The van der Waals surface area contributed by atoms with Crippen molar-refractivity contribution in [2.75, 3.05) is 20.1 Å². The molecule has 1 atom stereocenters. The number of rotatable bonds is 6. The van der Waals surface area contributed by atoms with Crippen LogP contribution in [0.25, 0.3) is 0 Å². The minimum Gasteiger partial charge on any atom is -0.359 e. The van der Waals surface area contributed by atoms with E-state index in [1.54, 1.807) is 7.05 Å². The summed E-state index contributed by atoms with van der Waals surface area (Å²) in [6.07, 6.45) is 0.434. The quantitative estimate of drug-likeness (QED) is 0.718. The van der Waals surface area contributed by atoms with Crippen LogP contribution in [0.2, 0.25) is 0 Å². The molecule has 0 radical (unpaired) electrons. The van der Waals surface area contributed by atoms with Crippen molar-refractivity contribution in [3.8, 4) is 6.07 Å². The lowest BCUT2D eigenvalue weighted by Crippen LogP contribution is -2.27. The molecule has 1 rings (SSSR count). The molecule has 17 heavy (non-hydrogen) atoms. The summed E-state index contributed by atoms with van der Waals surface area (Å²) < 4.78 is 0. The summed E-state index contributed by atoms with van der Waals surface area (Å²) in [5, 5.41) is 14.7. The molecule has 4 heteroatoms. The fraction of sp³-hybridized carbons (Fsp3) is 0.385. The van der Waals surface area contributed by atoms with Gasteiger partial charge in [0.2, 0.25) is 5.91 Å². The van der Waals surface area contributed by atoms with Gasteiger partial charge in [-0.25, -0.2) is 0 Å². The van der Waals surface area contributed by atoms with E-state index >= 15 is 0 Å². The van der Waals surface area contributed by atoms with Gasteiger partial charge in [0.15, 0.2) is 0 Å². The number of nitriles is 1. The molecule has 1 unspecified atom stereocenters. The van der Waals surface area contributed by atoms with Crippen molar-refractivity contribution in [3.05, 3.63) is 35.9 Å². The van der Waals surface area contributed by atoms with E-state index in [9.17, 15) is 4.79 Å². The first-order valence-corrected chi connectivity index (χ1v) is 5.63. The Morgan fingerprint density at radius 3 is 2.71 bits per heavy atom. The third-order valence-electron chi connectivity index (χ3n) is 2.51. The van der Waals surface area contributed by atoms with Crippen LogP contribution in [-0.2, 0) is 4.79 Å². The third-order valence-corrected chi connectivity index (χ3v) is 2.51. The van der Waals surface area contributed by atoms with Crippen molar-refractivity contribution < 1.29 is 4.79 Å². The molecule has 0 aromatic heterocycles. The Balaban J connectivity index is 2.35. The largest absolute Gasteiger partial charge is 0.359 e. The van der Waals surface area contributed by atoms with Gasteiger partial charge in [-0.1, -0.05) is 30.3 Å². The second-order valence-corrected chi connectivity index (χ2v) is 3.72. The van der Waals surface area contributed by atoms with Gasteiger partial charge >= 0.3 is 0 Å². The van der Waals surface area contributed by atoms with E-state index in [4.69, 9.17) is 5.26 Å². The van der Waals surface area contributed by atoms with Gasteiger partial charge in [-0.3, -0.25) is 4.79 Å². The van der Waals surface area contributed by atoms with Crippen molar-refractivity contribution in [1.82, 2.24) is 10.6 Å².